The number of nitrogens with two attached hydrogens (primary N) is 1. The first-order valence-electron chi connectivity index (χ1n) is 4.70. The van der Waals surface area contributed by atoms with Crippen molar-refractivity contribution in [3.63, 3.8) is 0 Å². The summed E-state index contributed by atoms with van der Waals surface area (Å²) in [7, 11) is 0. The van der Waals surface area contributed by atoms with E-state index in [-0.39, 0.29) is 0 Å². The van der Waals surface area contributed by atoms with Gasteiger partial charge in [0.05, 0.1) is 0 Å². The first kappa shape index (κ1) is 13.9. The molecular weight excluding hydrogens is 308 g/mol. The van der Waals surface area contributed by atoms with Crippen molar-refractivity contribution in [2.45, 2.75) is 18.9 Å². The molecule has 0 aliphatic heterocycles. The minimum absolute atomic E-state index is 0.589. The van der Waals surface area contributed by atoms with E-state index < -0.39 is 0 Å². The molecule has 0 unspecified atom stereocenters. The molecule has 0 fully saturated rings. The summed E-state index contributed by atoms with van der Waals surface area (Å²) in [6.07, 6.45) is 3.89. The van der Waals surface area contributed by atoms with Crippen LogP contribution >= 0.6 is 46.6 Å². The summed E-state index contributed by atoms with van der Waals surface area (Å²) >= 11 is 6.04. The van der Waals surface area contributed by atoms with E-state index in [4.69, 9.17) is 5.84 Å². The number of thioether (sulfide) groups is 2. The van der Waals surface area contributed by atoms with Gasteiger partial charge in [-0.3, -0.25) is 0 Å². The molecule has 0 bridgehead atoms. The standard InChI is InChI=1S/C8H10N6S4/c1-15-6-10-4(12-9)3-5(11-6)17-8-14-13-7(16-2)18-8/h3H,9H2,1-2H3,(H,10,11,12). The summed E-state index contributed by atoms with van der Waals surface area (Å²) in [5, 5.41) is 9.59. The predicted molar refractivity (Wildman–Crippen MR) is 77.4 cm³/mol. The van der Waals surface area contributed by atoms with Gasteiger partial charge < -0.3 is 5.43 Å². The Morgan fingerprint density at radius 2 is 1.94 bits per heavy atom. The number of hydrazine groups is 1. The van der Waals surface area contributed by atoms with Gasteiger partial charge in [0.15, 0.2) is 13.8 Å². The van der Waals surface area contributed by atoms with Crippen molar-refractivity contribution >= 4 is 52.4 Å². The lowest BCUT2D eigenvalue weighted by atomic mass is 10.6. The van der Waals surface area contributed by atoms with Crippen molar-refractivity contribution < 1.29 is 0 Å². The molecule has 3 N–H and O–H groups in total. The molecule has 2 rings (SSSR count). The van der Waals surface area contributed by atoms with Gasteiger partial charge in [0.2, 0.25) is 0 Å². The molecule has 10 heteroatoms. The number of anilines is 1. The fraction of sp³-hybridized carbons (Fsp3) is 0.250. The highest BCUT2D eigenvalue weighted by Gasteiger charge is 2.09. The minimum atomic E-state index is 0.589. The zero-order valence-electron chi connectivity index (χ0n) is 9.58. The van der Waals surface area contributed by atoms with E-state index in [2.05, 4.69) is 25.6 Å². The van der Waals surface area contributed by atoms with Crippen LogP contribution in [0, 0.1) is 0 Å². The van der Waals surface area contributed by atoms with Gasteiger partial charge in [0.25, 0.3) is 0 Å². The summed E-state index contributed by atoms with van der Waals surface area (Å²) < 4.78 is 1.79. The molecule has 0 aliphatic carbocycles. The van der Waals surface area contributed by atoms with Crippen LogP contribution in [-0.2, 0) is 0 Å². The van der Waals surface area contributed by atoms with Crippen molar-refractivity contribution in [2.24, 2.45) is 5.84 Å². The highest BCUT2D eigenvalue weighted by Crippen LogP contribution is 2.33. The van der Waals surface area contributed by atoms with E-state index >= 15 is 0 Å². The number of hydrogen-bond donors (Lipinski definition) is 2. The number of nitrogen functional groups attached to an aromatic ring is 1. The Bertz CT molecular complexity index is 508. The van der Waals surface area contributed by atoms with Gasteiger partial charge in [-0.25, -0.2) is 15.8 Å². The summed E-state index contributed by atoms with van der Waals surface area (Å²) in [6.45, 7) is 0. The van der Waals surface area contributed by atoms with Crippen LogP contribution in [-0.4, -0.2) is 32.7 Å². The normalized spacial score (nSPS) is 10.6. The van der Waals surface area contributed by atoms with Crippen molar-refractivity contribution in [1.29, 1.82) is 0 Å². The Labute approximate surface area is 121 Å². The van der Waals surface area contributed by atoms with E-state index in [1.807, 2.05) is 12.5 Å². The first-order valence-corrected chi connectivity index (χ1v) is 8.78. The maximum Gasteiger partial charge on any atom is 0.190 e. The maximum atomic E-state index is 5.37. The molecule has 2 heterocycles. The minimum Gasteiger partial charge on any atom is -0.308 e. The second-order valence-electron chi connectivity index (χ2n) is 2.86. The highest BCUT2D eigenvalue weighted by atomic mass is 32.2. The molecule has 0 saturated carbocycles. The number of nitrogens with one attached hydrogen (secondary N) is 1. The molecule has 0 atom stereocenters. The summed E-state index contributed by atoms with van der Waals surface area (Å²) in [5.41, 5.74) is 2.53. The number of hydrogen-bond acceptors (Lipinski definition) is 10. The van der Waals surface area contributed by atoms with Crippen LogP contribution in [0.3, 0.4) is 0 Å². The smallest absolute Gasteiger partial charge is 0.190 e. The number of nitrogens with zero attached hydrogens (tertiary/aromatic N) is 4. The van der Waals surface area contributed by atoms with Crippen LogP contribution in [0.15, 0.2) is 24.9 Å². The second-order valence-corrected chi connectivity index (χ2v) is 6.93. The van der Waals surface area contributed by atoms with Crippen LogP contribution in [0.25, 0.3) is 0 Å². The zero-order valence-corrected chi connectivity index (χ0v) is 12.8. The number of rotatable bonds is 5. The van der Waals surface area contributed by atoms with Crippen molar-refractivity contribution in [1.82, 2.24) is 20.2 Å². The van der Waals surface area contributed by atoms with Gasteiger partial charge >= 0.3 is 0 Å². The van der Waals surface area contributed by atoms with Crippen LogP contribution < -0.4 is 11.3 Å². The molecule has 0 spiro atoms. The molecule has 0 amide bonds. The highest BCUT2D eigenvalue weighted by molar-refractivity contribution is 8.03. The summed E-state index contributed by atoms with van der Waals surface area (Å²) in [5.74, 6) is 5.96. The van der Waals surface area contributed by atoms with Gasteiger partial charge in [0, 0.05) is 6.07 Å². The van der Waals surface area contributed by atoms with Gasteiger partial charge in [-0.2, -0.15) is 0 Å². The Balaban J connectivity index is 2.22. The molecule has 0 radical (unpaired) electrons. The molecular formula is C8H10N6S4. The average Bonchev–Trinajstić information content (AvgIpc) is 2.85. The van der Waals surface area contributed by atoms with Gasteiger partial charge in [-0.05, 0) is 24.3 Å². The Kier molecular flexibility index (Phi) is 5.06. The largest absolute Gasteiger partial charge is 0.308 e. The van der Waals surface area contributed by atoms with E-state index in [0.717, 1.165) is 13.7 Å². The van der Waals surface area contributed by atoms with Crippen LogP contribution in [0.5, 0.6) is 0 Å². The third-order valence-corrected chi connectivity index (χ3v) is 5.18. The lowest BCUT2D eigenvalue weighted by Crippen LogP contribution is -2.09. The fourth-order valence-corrected chi connectivity index (χ4v) is 3.86. The summed E-state index contributed by atoms with van der Waals surface area (Å²) in [4.78, 5) is 8.58. The van der Waals surface area contributed by atoms with Crippen molar-refractivity contribution in [2.75, 3.05) is 17.9 Å². The van der Waals surface area contributed by atoms with Crippen LogP contribution in [0.1, 0.15) is 0 Å². The molecule has 0 aromatic carbocycles. The summed E-state index contributed by atoms with van der Waals surface area (Å²) in [6, 6.07) is 1.78. The van der Waals surface area contributed by atoms with E-state index in [9.17, 15) is 0 Å². The molecule has 0 aliphatic rings. The van der Waals surface area contributed by atoms with Crippen LogP contribution in [0.4, 0.5) is 5.82 Å². The van der Waals surface area contributed by atoms with E-state index in [1.165, 1.54) is 34.9 Å². The Morgan fingerprint density at radius 3 is 2.56 bits per heavy atom. The SMILES string of the molecule is CSc1nc(NN)cc(Sc2nnc(SC)s2)n1. The first-order chi connectivity index (χ1) is 8.75. The fourth-order valence-electron chi connectivity index (χ4n) is 1.03. The molecule has 6 nitrogen and oxygen atoms in total. The average molecular weight is 318 g/mol. The molecule has 18 heavy (non-hydrogen) atoms. The molecule has 96 valence electrons. The van der Waals surface area contributed by atoms with Crippen molar-refractivity contribution in [3.05, 3.63) is 6.07 Å². The Morgan fingerprint density at radius 1 is 1.17 bits per heavy atom. The lowest BCUT2D eigenvalue weighted by molar-refractivity contribution is 0.889. The van der Waals surface area contributed by atoms with Gasteiger partial charge in [-0.1, -0.05) is 34.9 Å². The molecule has 2 aromatic rings. The van der Waals surface area contributed by atoms with Crippen molar-refractivity contribution in [3.8, 4) is 0 Å². The lowest BCUT2D eigenvalue weighted by Gasteiger charge is -2.03. The quantitative estimate of drug-likeness (QED) is 0.283. The third-order valence-electron chi connectivity index (χ3n) is 1.77. The maximum absolute atomic E-state index is 5.37. The topological polar surface area (TPSA) is 89.6 Å². The Hall–Kier alpha value is -0.550. The van der Waals surface area contributed by atoms with E-state index in [0.29, 0.717) is 11.0 Å². The zero-order chi connectivity index (χ0) is 13.0. The second kappa shape index (κ2) is 6.57. The van der Waals surface area contributed by atoms with Crippen LogP contribution in [0.2, 0.25) is 0 Å². The molecule has 0 saturated heterocycles. The van der Waals surface area contributed by atoms with E-state index in [1.54, 1.807) is 17.8 Å². The monoisotopic (exact) mass is 318 g/mol. The van der Waals surface area contributed by atoms with Gasteiger partial charge in [-0.15, -0.1) is 10.2 Å². The predicted octanol–water partition coefficient (Wildman–Crippen LogP) is 2.21. The third kappa shape index (κ3) is 3.48. The number of aromatic nitrogens is 4. The molecule has 2 aromatic heterocycles. The van der Waals surface area contributed by atoms with Gasteiger partial charge in [0.1, 0.15) is 10.8 Å².